The van der Waals surface area contributed by atoms with Crippen molar-refractivity contribution in [1.82, 2.24) is 9.55 Å². The molecule has 0 atom stereocenters. The van der Waals surface area contributed by atoms with E-state index in [0.717, 1.165) is 30.0 Å². The zero-order valence-corrected chi connectivity index (χ0v) is 10.9. The van der Waals surface area contributed by atoms with Gasteiger partial charge < -0.3 is 9.30 Å². The van der Waals surface area contributed by atoms with Crippen molar-refractivity contribution in [3.05, 3.63) is 36.8 Å². The van der Waals surface area contributed by atoms with Gasteiger partial charge in [-0.1, -0.05) is 6.92 Å². The molecule has 0 saturated carbocycles. The summed E-state index contributed by atoms with van der Waals surface area (Å²) in [6.45, 7) is 2.87. The Bertz CT molecular complexity index is 451. The molecule has 1 heterocycles. The molecular weight excluding hydrogens is 236 g/mol. The van der Waals surface area contributed by atoms with Crippen molar-refractivity contribution in [3.8, 4) is 17.0 Å². The zero-order valence-electron chi connectivity index (χ0n) is 10.1. The highest BCUT2D eigenvalue weighted by Gasteiger charge is 2.00. The van der Waals surface area contributed by atoms with Crippen molar-refractivity contribution in [2.75, 3.05) is 6.61 Å². The molecular formula is C13H17ClN2O. The first-order chi connectivity index (χ1) is 7.79. The summed E-state index contributed by atoms with van der Waals surface area (Å²) in [5.74, 6) is 0.918. The SMILES string of the molecule is CCCOc1ccc(-c2cn(C)cn2)cc1.Cl. The minimum absolute atomic E-state index is 0. The molecule has 3 nitrogen and oxygen atoms in total. The van der Waals surface area contributed by atoms with Crippen molar-refractivity contribution >= 4 is 12.4 Å². The normalized spacial score (nSPS) is 9.76. The van der Waals surface area contributed by atoms with Crippen LogP contribution in [0, 0.1) is 0 Å². The Labute approximate surface area is 108 Å². The van der Waals surface area contributed by atoms with Crippen LogP contribution in [0.15, 0.2) is 36.8 Å². The monoisotopic (exact) mass is 252 g/mol. The largest absolute Gasteiger partial charge is 0.494 e. The Balaban J connectivity index is 0.00000144. The smallest absolute Gasteiger partial charge is 0.119 e. The lowest BCUT2D eigenvalue weighted by Crippen LogP contribution is -1.94. The van der Waals surface area contributed by atoms with Gasteiger partial charge in [0.15, 0.2) is 0 Å². The zero-order chi connectivity index (χ0) is 11.4. The number of halogens is 1. The highest BCUT2D eigenvalue weighted by Crippen LogP contribution is 2.20. The number of imidazole rings is 1. The van der Waals surface area contributed by atoms with Crippen molar-refractivity contribution in [3.63, 3.8) is 0 Å². The fourth-order valence-electron chi connectivity index (χ4n) is 1.50. The third-order valence-corrected chi connectivity index (χ3v) is 2.33. The molecule has 0 fully saturated rings. The Morgan fingerprint density at radius 2 is 1.94 bits per heavy atom. The van der Waals surface area contributed by atoms with Crippen LogP contribution in [0.5, 0.6) is 5.75 Å². The van der Waals surface area contributed by atoms with E-state index in [1.54, 1.807) is 6.33 Å². The Hall–Kier alpha value is -1.48. The van der Waals surface area contributed by atoms with Crippen LogP contribution < -0.4 is 4.74 Å². The number of rotatable bonds is 4. The molecule has 4 heteroatoms. The fourth-order valence-corrected chi connectivity index (χ4v) is 1.50. The van der Waals surface area contributed by atoms with E-state index in [9.17, 15) is 0 Å². The van der Waals surface area contributed by atoms with Crippen LogP contribution in [-0.4, -0.2) is 16.2 Å². The molecule has 0 spiro atoms. The molecule has 2 rings (SSSR count). The second kappa shape index (κ2) is 6.30. The van der Waals surface area contributed by atoms with E-state index in [2.05, 4.69) is 11.9 Å². The van der Waals surface area contributed by atoms with Crippen LogP contribution >= 0.6 is 12.4 Å². The van der Waals surface area contributed by atoms with Crippen LogP contribution in [0.3, 0.4) is 0 Å². The first-order valence-electron chi connectivity index (χ1n) is 5.51. The summed E-state index contributed by atoms with van der Waals surface area (Å²) in [4.78, 5) is 4.30. The van der Waals surface area contributed by atoms with E-state index < -0.39 is 0 Å². The van der Waals surface area contributed by atoms with Gasteiger partial charge in [0.1, 0.15) is 5.75 Å². The summed E-state index contributed by atoms with van der Waals surface area (Å²) < 4.78 is 7.47. The third-order valence-electron chi connectivity index (χ3n) is 2.33. The van der Waals surface area contributed by atoms with E-state index in [0.29, 0.717) is 0 Å². The molecule has 0 aliphatic heterocycles. The van der Waals surface area contributed by atoms with Gasteiger partial charge in [-0.15, -0.1) is 12.4 Å². The predicted molar refractivity (Wildman–Crippen MR) is 71.7 cm³/mol. The highest BCUT2D eigenvalue weighted by molar-refractivity contribution is 5.85. The number of benzene rings is 1. The van der Waals surface area contributed by atoms with Gasteiger partial charge in [-0.3, -0.25) is 0 Å². The van der Waals surface area contributed by atoms with Crippen molar-refractivity contribution in [1.29, 1.82) is 0 Å². The molecule has 1 aromatic carbocycles. The van der Waals surface area contributed by atoms with E-state index >= 15 is 0 Å². The summed E-state index contributed by atoms with van der Waals surface area (Å²) in [5, 5.41) is 0. The second-order valence-electron chi connectivity index (χ2n) is 3.80. The minimum atomic E-state index is 0. The lowest BCUT2D eigenvalue weighted by atomic mass is 10.2. The number of aromatic nitrogens is 2. The van der Waals surface area contributed by atoms with Crippen LogP contribution in [0.1, 0.15) is 13.3 Å². The lowest BCUT2D eigenvalue weighted by molar-refractivity contribution is 0.317. The van der Waals surface area contributed by atoms with Crippen molar-refractivity contribution < 1.29 is 4.74 Å². The summed E-state index contributed by atoms with van der Waals surface area (Å²) in [5.41, 5.74) is 2.11. The molecule has 92 valence electrons. The van der Waals surface area contributed by atoms with Gasteiger partial charge in [0, 0.05) is 18.8 Å². The maximum Gasteiger partial charge on any atom is 0.119 e. The van der Waals surface area contributed by atoms with Gasteiger partial charge in [-0.2, -0.15) is 0 Å². The number of hydrogen-bond acceptors (Lipinski definition) is 2. The van der Waals surface area contributed by atoms with E-state index in [4.69, 9.17) is 4.74 Å². The van der Waals surface area contributed by atoms with E-state index in [1.807, 2.05) is 42.1 Å². The van der Waals surface area contributed by atoms with E-state index in [-0.39, 0.29) is 12.4 Å². The van der Waals surface area contributed by atoms with E-state index in [1.165, 1.54) is 0 Å². The van der Waals surface area contributed by atoms with Crippen LogP contribution in [-0.2, 0) is 7.05 Å². The van der Waals surface area contributed by atoms with Gasteiger partial charge >= 0.3 is 0 Å². The van der Waals surface area contributed by atoms with Gasteiger partial charge in [0.2, 0.25) is 0 Å². The Morgan fingerprint density at radius 3 is 2.47 bits per heavy atom. The van der Waals surface area contributed by atoms with Gasteiger partial charge in [0.05, 0.1) is 18.6 Å². The molecule has 0 unspecified atom stereocenters. The first-order valence-corrected chi connectivity index (χ1v) is 5.51. The molecule has 0 bridgehead atoms. The molecule has 0 amide bonds. The average molecular weight is 253 g/mol. The lowest BCUT2D eigenvalue weighted by Gasteiger charge is -2.04. The molecule has 0 N–H and O–H groups in total. The standard InChI is InChI=1S/C13H16N2O.ClH/c1-3-8-16-12-6-4-11(5-7-12)13-9-15(2)10-14-13;/h4-7,9-10H,3,8H2,1-2H3;1H. The fraction of sp³-hybridized carbons (Fsp3) is 0.308. The topological polar surface area (TPSA) is 27.1 Å². The molecule has 0 saturated heterocycles. The number of hydrogen-bond donors (Lipinski definition) is 0. The minimum Gasteiger partial charge on any atom is -0.494 e. The molecule has 1 aromatic heterocycles. The number of aryl methyl sites for hydroxylation is 1. The van der Waals surface area contributed by atoms with Crippen molar-refractivity contribution in [2.24, 2.45) is 7.05 Å². The van der Waals surface area contributed by atoms with Crippen LogP contribution in [0.4, 0.5) is 0 Å². The van der Waals surface area contributed by atoms with Crippen LogP contribution in [0.25, 0.3) is 11.3 Å². The highest BCUT2D eigenvalue weighted by atomic mass is 35.5. The summed E-state index contributed by atoms with van der Waals surface area (Å²) >= 11 is 0. The maximum absolute atomic E-state index is 5.53. The Morgan fingerprint density at radius 1 is 1.24 bits per heavy atom. The predicted octanol–water partition coefficient (Wildman–Crippen LogP) is 3.30. The van der Waals surface area contributed by atoms with Crippen LogP contribution in [0.2, 0.25) is 0 Å². The van der Waals surface area contributed by atoms with Gasteiger partial charge in [-0.05, 0) is 30.7 Å². The Kier molecular flexibility index (Phi) is 5.04. The number of ether oxygens (including phenoxy) is 1. The average Bonchev–Trinajstić information content (AvgIpc) is 2.74. The summed E-state index contributed by atoms with van der Waals surface area (Å²) in [6, 6.07) is 8.04. The first kappa shape index (κ1) is 13.6. The number of nitrogens with zero attached hydrogens (tertiary/aromatic N) is 2. The molecule has 0 aliphatic carbocycles. The molecule has 17 heavy (non-hydrogen) atoms. The maximum atomic E-state index is 5.53. The third kappa shape index (κ3) is 3.49. The van der Waals surface area contributed by atoms with Gasteiger partial charge in [-0.25, -0.2) is 4.98 Å². The van der Waals surface area contributed by atoms with Gasteiger partial charge in [0.25, 0.3) is 0 Å². The molecule has 0 radical (unpaired) electrons. The van der Waals surface area contributed by atoms with Crippen molar-refractivity contribution in [2.45, 2.75) is 13.3 Å². The molecule has 2 aromatic rings. The molecule has 0 aliphatic rings. The summed E-state index contributed by atoms with van der Waals surface area (Å²) in [7, 11) is 1.97. The second-order valence-corrected chi connectivity index (χ2v) is 3.80. The quantitative estimate of drug-likeness (QED) is 0.835. The summed E-state index contributed by atoms with van der Waals surface area (Å²) in [6.07, 6.45) is 4.83.